The second-order valence-electron chi connectivity index (χ2n) is 4.24. The van der Waals surface area contributed by atoms with Crippen LogP contribution in [0.25, 0.3) is 10.9 Å². The van der Waals surface area contributed by atoms with Gasteiger partial charge in [-0.15, -0.1) is 0 Å². The molecule has 2 nitrogen and oxygen atoms in total. The Morgan fingerprint density at radius 1 is 0.947 bits per heavy atom. The van der Waals surface area contributed by atoms with Gasteiger partial charge in [0.25, 0.3) is 0 Å². The Morgan fingerprint density at radius 3 is 2.63 bits per heavy atom. The van der Waals surface area contributed by atoms with Crippen molar-refractivity contribution in [2.24, 2.45) is 0 Å². The highest BCUT2D eigenvalue weighted by atomic mass is 79.9. The lowest BCUT2D eigenvalue weighted by Crippen LogP contribution is -1.96. The number of benzene rings is 2. The average molecular weight is 314 g/mol. The molecule has 0 radical (unpaired) electrons. The summed E-state index contributed by atoms with van der Waals surface area (Å²) in [5.74, 6) is 0.869. The van der Waals surface area contributed by atoms with Gasteiger partial charge in [0.2, 0.25) is 0 Å². The maximum Gasteiger partial charge on any atom is 0.129 e. The Labute approximate surface area is 120 Å². The van der Waals surface area contributed by atoms with Crippen LogP contribution in [0, 0.1) is 0 Å². The van der Waals surface area contributed by atoms with Crippen molar-refractivity contribution >= 4 is 26.8 Å². The molecule has 0 saturated heterocycles. The van der Waals surface area contributed by atoms with E-state index in [-0.39, 0.29) is 0 Å². The van der Waals surface area contributed by atoms with Gasteiger partial charge in [0.1, 0.15) is 12.4 Å². The smallest absolute Gasteiger partial charge is 0.129 e. The summed E-state index contributed by atoms with van der Waals surface area (Å²) in [5, 5.41) is 1.04. The Bertz CT molecular complexity index is 689. The van der Waals surface area contributed by atoms with Gasteiger partial charge in [0, 0.05) is 16.1 Å². The van der Waals surface area contributed by atoms with Gasteiger partial charge in [0.05, 0.1) is 5.52 Å². The summed E-state index contributed by atoms with van der Waals surface area (Å²) in [6.07, 6.45) is 1.79. The Balaban J connectivity index is 1.84. The minimum Gasteiger partial charge on any atom is -0.488 e. The second kappa shape index (κ2) is 5.41. The standard InChI is InChI=1S/C16H12BrNO/c17-13-8-6-12(7-9-13)11-19-16-5-1-4-15-14(16)3-2-10-18-15/h1-10H,11H2. The minimum absolute atomic E-state index is 0.557. The molecule has 0 unspecified atom stereocenters. The monoisotopic (exact) mass is 313 g/mol. The van der Waals surface area contributed by atoms with Crippen LogP contribution in [0.15, 0.2) is 65.3 Å². The molecule has 3 heteroatoms. The van der Waals surface area contributed by atoms with Gasteiger partial charge in [0.15, 0.2) is 0 Å². The summed E-state index contributed by atoms with van der Waals surface area (Å²) in [7, 11) is 0. The number of hydrogen-bond acceptors (Lipinski definition) is 2. The quantitative estimate of drug-likeness (QED) is 0.706. The fourth-order valence-corrected chi connectivity index (χ4v) is 2.21. The molecule has 0 fully saturated rings. The van der Waals surface area contributed by atoms with Crippen molar-refractivity contribution in [1.82, 2.24) is 4.98 Å². The van der Waals surface area contributed by atoms with Crippen molar-refractivity contribution in [2.45, 2.75) is 6.61 Å². The van der Waals surface area contributed by atoms with Crippen LogP contribution in [0.3, 0.4) is 0 Å². The van der Waals surface area contributed by atoms with E-state index in [1.165, 1.54) is 0 Å². The van der Waals surface area contributed by atoms with Gasteiger partial charge < -0.3 is 4.74 Å². The lowest BCUT2D eigenvalue weighted by Gasteiger charge is -2.09. The first-order valence-electron chi connectivity index (χ1n) is 6.04. The third-order valence-electron chi connectivity index (χ3n) is 2.91. The minimum atomic E-state index is 0.557. The Morgan fingerprint density at radius 2 is 1.79 bits per heavy atom. The second-order valence-corrected chi connectivity index (χ2v) is 5.16. The Hall–Kier alpha value is -1.87. The van der Waals surface area contributed by atoms with E-state index in [0.29, 0.717) is 6.61 Å². The zero-order chi connectivity index (χ0) is 13.1. The molecule has 0 spiro atoms. The van der Waals surface area contributed by atoms with Crippen LogP contribution in [-0.2, 0) is 6.61 Å². The van der Waals surface area contributed by atoms with Crippen LogP contribution in [0.2, 0.25) is 0 Å². The molecule has 0 aliphatic carbocycles. The summed E-state index contributed by atoms with van der Waals surface area (Å²) in [4.78, 5) is 4.32. The molecule has 0 saturated carbocycles. The number of aromatic nitrogens is 1. The molecule has 3 aromatic rings. The molecule has 0 atom stereocenters. The molecular formula is C16H12BrNO. The van der Waals surface area contributed by atoms with Gasteiger partial charge in [-0.05, 0) is 42.0 Å². The largest absolute Gasteiger partial charge is 0.488 e. The fourth-order valence-electron chi connectivity index (χ4n) is 1.94. The van der Waals surface area contributed by atoms with E-state index >= 15 is 0 Å². The summed E-state index contributed by atoms with van der Waals surface area (Å²) in [5.41, 5.74) is 2.10. The lowest BCUT2D eigenvalue weighted by atomic mass is 10.2. The maximum atomic E-state index is 5.89. The van der Waals surface area contributed by atoms with Gasteiger partial charge in [-0.1, -0.05) is 34.1 Å². The van der Waals surface area contributed by atoms with Crippen molar-refractivity contribution in [3.63, 3.8) is 0 Å². The van der Waals surface area contributed by atoms with Crippen molar-refractivity contribution in [2.75, 3.05) is 0 Å². The van der Waals surface area contributed by atoms with E-state index in [2.05, 4.69) is 20.9 Å². The number of halogens is 1. The van der Waals surface area contributed by atoms with E-state index < -0.39 is 0 Å². The predicted molar refractivity (Wildman–Crippen MR) is 80.2 cm³/mol. The maximum absolute atomic E-state index is 5.89. The van der Waals surface area contributed by atoms with Crippen molar-refractivity contribution in [1.29, 1.82) is 0 Å². The average Bonchev–Trinajstić information content (AvgIpc) is 2.47. The SMILES string of the molecule is Brc1ccc(COc2cccc3ncccc23)cc1. The van der Waals surface area contributed by atoms with Crippen LogP contribution in [0.5, 0.6) is 5.75 Å². The highest BCUT2D eigenvalue weighted by Gasteiger charge is 2.02. The predicted octanol–water partition coefficient (Wildman–Crippen LogP) is 4.58. The number of pyridine rings is 1. The highest BCUT2D eigenvalue weighted by Crippen LogP contribution is 2.24. The number of fused-ring (bicyclic) bond motifs is 1. The van der Waals surface area contributed by atoms with Crippen LogP contribution >= 0.6 is 15.9 Å². The first kappa shape index (κ1) is 12.2. The third kappa shape index (κ3) is 2.76. The zero-order valence-corrected chi connectivity index (χ0v) is 11.8. The van der Waals surface area contributed by atoms with Crippen molar-refractivity contribution < 1.29 is 4.74 Å². The molecule has 0 N–H and O–H groups in total. The van der Waals surface area contributed by atoms with Crippen molar-refractivity contribution in [3.05, 3.63) is 70.8 Å². The third-order valence-corrected chi connectivity index (χ3v) is 3.44. The summed E-state index contributed by atoms with van der Waals surface area (Å²) >= 11 is 3.42. The summed E-state index contributed by atoms with van der Waals surface area (Å²) in [6, 6.07) is 18.0. The van der Waals surface area contributed by atoms with Gasteiger partial charge in [-0.2, -0.15) is 0 Å². The zero-order valence-electron chi connectivity index (χ0n) is 10.2. The van der Waals surface area contributed by atoms with E-state index in [1.807, 2.05) is 54.6 Å². The first-order chi connectivity index (χ1) is 9.33. The molecule has 0 amide bonds. The molecule has 1 aromatic heterocycles. The molecule has 2 aromatic carbocycles. The van der Waals surface area contributed by atoms with Crippen LogP contribution in [-0.4, -0.2) is 4.98 Å². The van der Waals surface area contributed by atoms with E-state index in [4.69, 9.17) is 4.74 Å². The van der Waals surface area contributed by atoms with E-state index in [1.54, 1.807) is 6.20 Å². The topological polar surface area (TPSA) is 22.1 Å². The van der Waals surface area contributed by atoms with E-state index in [0.717, 1.165) is 26.7 Å². The van der Waals surface area contributed by atoms with Crippen LogP contribution in [0.1, 0.15) is 5.56 Å². The first-order valence-corrected chi connectivity index (χ1v) is 6.83. The highest BCUT2D eigenvalue weighted by molar-refractivity contribution is 9.10. The number of rotatable bonds is 3. The molecule has 3 rings (SSSR count). The molecule has 1 heterocycles. The summed E-state index contributed by atoms with van der Waals surface area (Å²) < 4.78 is 6.96. The van der Waals surface area contributed by atoms with Crippen LogP contribution in [0.4, 0.5) is 0 Å². The molecule has 94 valence electrons. The lowest BCUT2D eigenvalue weighted by molar-refractivity contribution is 0.310. The molecule has 19 heavy (non-hydrogen) atoms. The Kier molecular flexibility index (Phi) is 3.47. The molecule has 0 aliphatic heterocycles. The number of nitrogens with zero attached hydrogens (tertiary/aromatic N) is 1. The van der Waals surface area contributed by atoms with E-state index in [9.17, 15) is 0 Å². The molecular weight excluding hydrogens is 302 g/mol. The number of hydrogen-bond donors (Lipinski definition) is 0. The van der Waals surface area contributed by atoms with Crippen molar-refractivity contribution in [3.8, 4) is 5.75 Å². The summed E-state index contributed by atoms with van der Waals surface area (Å²) in [6.45, 7) is 0.557. The van der Waals surface area contributed by atoms with Crippen LogP contribution < -0.4 is 4.74 Å². The van der Waals surface area contributed by atoms with Gasteiger partial charge in [-0.3, -0.25) is 4.98 Å². The molecule has 0 bridgehead atoms. The van der Waals surface area contributed by atoms with Gasteiger partial charge in [-0.25, -0.2) is 0 Å². The molecule has 0 aliphatic rings. The number of ether oxygens (including phenoxy) is 1. The fraction of sp³-hybridized carbons (Fsp3) is 0.0625. The normalized spacial score (nSPS) is 10.6. The van der Waals surface area contributed by atoms with Gasteiger partial charge >= 0.3 is 0 Å².